The molecule has 0 spiro atoms. The van der Waals surface area contributed by atoms with Crippen molar-refractivity contribution in [1.82, 2.24) is 9.78 Å². The van der Waals surface area contributed by atoms with E-state index < -0.39 is 10.0 Å². The zero-order chi connectivity index (χ0) is 14.2. The van der Waals surface area contributed by atoms with Gasteiger partial charge in [0.1, 0.15) is 0 Å². The molecule has 0 aliphatic rings. The van der Waals surface area contributed by atoms with Gasteiger partial charge in [-0.2, -0.15) is 5.10 Å². The Morgan fingerprint density at radius 1 is 1.37 bits per heavy atom. The van der Waals surface area contributed by atoms with Crippen LogP contribution >= 0.6 is 11.6 Å². The molecule has 1 heterocycles. The summed E-state index contributed by atoms with van der Waals surface area (Å²) in [6.07, 6.45) is 0. The highest BCUT2D eigenvalue weighted by atomic mass is 35.5. The molecule has 1 aromatic carbocycles. The molecule has 2 aromatic rings. The maximum absolute atomic E-state index is 12.3. The first-order chi connectivity index (χ1) is 8.83. The molecule has 0 atom stereocenters. The summed E-state index contributed by atoms with van der Waals surface area (Å²) in [5.74, 6) is -0.0421. The Morgan fingerprint density at radius 2 is 2.00 bits per heavy atom. The normalized spacial score (nSPS) is 11.5. The number of nitrogens with one attached hydrogen (secondary N) is 1. The molecular weight excluding hydrogens is 288 g/mol. The number of hydrogen-bond donors (Lipinski definition) is 2. The Balaban J connectivity index is 2.47. The summed E-state index contributed by atoms with van der Waals surface area (Å²) in [5, 5.41) is 4.19. The number of sulfonamides is 1. The van der Waals surface area contributed by atoms with Gasteiger partial charge in [0, 0.05) is 7.05 Å². The first-order valence-corrected chi connectivity index (χ1v) is 7.25. The number of para-hydroxylation sites is 1. The van der Waals surface area contributed by atoms with E-state index in [1.165, 1.54) is 4.68 Å². The summed E-state index contributed by atoms with van der Waals surface area (Å²) >= 11 is 5.92. The average Bonchev–Trinajstić information content (AvgIpc) is 2.56. The summed E-state index contributed by atoms with van der Waals surface area (Å²) in [5.41, 5.74) is 6.39. The predicted molar refractivity (Wildman–Crippen MR) is 74.6 cm³/mol. The maximum atomic E-state index is 12.3. The van der Waals surface area contributed by atoms with Crippen molar-refractivity contribution < 1.29 is 8.42 Å². The number of benzene rings is 1. The van der Waals surface area contributed by atoms with E-state index in [1.807, 2.05) is 0 Å². The van der Waals surface area contributed by atoms with Gasteiger partial charge in [0.2, 0.25) is 0 Å². The van der Waals surface area contributed by atoms with Gasteiger partial charge < -0.3 is 5.73 Å². The SMILES string of the molecule is Cc1c(S(=O)(=O)Nc2ccccc2Cl)c(N)nn1C. The van der Waals surface area contributed by atoms with Crippen LogP contribution in [0.15, 0.2) is 29.2 Å². The van der Waals surface area contributed by atoms with Gasteiger partial charge in [-0.3, -0.25) is 9.40 Å². The second-order valence-electron chi connectivity index (χ2n) is 4.01. The van der Waals surface area contributed by atoms with Crippen molar-refractivity contribution in [2.24, 2.45) is 7.05 Å². The Hall–Kier alpha value is -1.73. The lowest BCUT2D eigenvalue weighted by Crippen LogP contribution is -2.15. The summed E-state index contributed by atoms with van der Waals surface area (Å²) in [4.78, 5) is -0.0325. The quantitative estimate of drug-likeness (QED) is 0.904. The number of nitrogens with two attached hydrogens (primary N) is 1. The molecule has 0 saturated heterocycles. The fourth-order valence-electron chi connectivity index (χ4n) is 1.69. The third kappa shape index (κ3) is 2.52. The third-order valence-electron chi connectivity index (χ3n) is 2.69. The topological polar surface area (TPSA) is 90.0 Å². The second-order valence-corrected chi connectivity index (χ2v) is 6.04. The lowest BCUT2D eigenvalue weighted by Gasteiger charge is -2.09. The molecule has 0 saturated carbocycles. The Kier molecular flexibility index (Phi) is 3.42. The Morgan fingerprint density at radius 3 is 2.53 bits per heavy atom. The highest BCUT2D eigenvalue weighted by Crippen LogP contribution is 2.27. The van der Waals surface area contributed by atoms with Crippen molar-refractivity contribution in [1.29, 1.82) is 0 Å². The van der Waals surface area contributed by atoms with Crippen molar-refractivity contribution in [2.45, 2.75) is 11.8 Å². The van der Waals surface area contributed by atoms with E-state index in [0.717, 1.165) is 0 Å². The van der Waals surface area contributed by atoms with Crippen LogP contribution in [0.4, 0.5) is 11.5 Å². The molecule has 8 heteroatoms. The van der Waals surface area contributed by atoms with Crippen LogP contribution in [0.2, 0.25) is 5.02 Å². The number of rotatable bonds is 3. The van der Waals surface area contributed by atoms with Crippen molar-refractivity contribution in [3.05, 3.63) is 35.0 Å². The zero-order valence-corrected chi connectivity index (χ0v) is 12.0. The van der Waals surface area contributed by atoms with Crippen LogP contribution < -0.4 is 10.5 Å². The molecule has 2 rings (SSSR count). The average molecular weight is 301 g/mol. The molecule has 0 unspecified atom stereocenters. The minimum Gasteiger partial charge on any atom is -0.381 e. The van der Waals surface area contributed by atoms with Crippen molar-refractivity contribution >= 4 is 33.1 Å². The number of aromatic nitrogens is 2. The zero-order valence-electron chi connectivity index (χ0n) is 10.4. The first kappa shape index (κ1) is 13.7. The maximum Gasteiger partial charge on any atom is 0.267 e. The lowest BCUT2D eigenvalue weighted by molar-refractivity contribution is 0.600. The van der Waals surface area contributed by atoms with Gasteiger partial charge in [0.05, 0.1) is 16.4 Å². The highest BCUT2D eigenvalue weighted by Gasteiger charge is 2.25. The number of nitrogens with zero attached hydrogens (tertiary/aromatic N) is 2. The molecule has 0 aliphatic heterocycles. The molecule has 0 amide bonds. The van der Waals surface area contributed by atoms with Gasteiger partial charge in [-0.15, -0.1) is 0 Å². The first-order valence-electron chi connectivity index (χ1n) is 5.39. The predicted octanol–water partition coefficient (Wildman–Crippen LogP) is 1.76. The lowest BCUT2D eigenvalue weighted by atomic mass is 10.3. The van der Waals surface area contributed by atoms with E-state index in [2.05, 4.69) is 9.82 Å². The van der Waals surface area contributed by atoms with Crippen molar-refractivity contribution in [2.75, 3.05) is 10.5 Å². The monoisotopic (exact) mass is 300 g/mol. The molecule has 3 N–H and O–H groups in total. The number of halogens is 1. The van der Waals surface area contributed by atoms with Crippen LogP contribution in [0.1, 0.15) is 5.69 Å². The van der Waals surface area contributed by atoms with Gasteiger partial charge >= 0.3 is 0 Å². The van der Waals surface area contributed by atoms with Gasteiger partial charge in [-0.1, -0.05) is 23.7 Å². The summed E-state index contributed by atoms with van der Waals surface area (Å²) in [6, 6.07) is 6.56. The van der Waals surface area contributed by atoms with Crippen LogP contribution in [0.3, 0.4) is 0 Å². The molecule has 6 nitrogen and oxygen atoms in total. The summed E-state index contributed by atoms with van der Waals surface area (Å²) in [6.45, 7) is 1.63. The van der Waals surface area contributed by atoms with E-state index in [9.17, 15) is 8.42 Å². The van der Waals surface area contributed by atoms with E-state index in [1.54, 1.807) is 38.2 Å². The smallest absolute Gasteiger partial charge is 0.267 e. The summed E-state index contributed by atoms with van der Waals surface area (Å²) < 4.78 is 28.4. The number of aryl methyl sites for hydroxylation is 1. The van der Waals surface area contributed by atoms with Crippen LogP contribution in [0.5, 0.6) is 0 Å². The van der Waals surface area contributed by atoms with E-state index in [-0.39, 0.29) is 10.7 Å². The van der Waals surface area contributed by atoms with Crippen LogP contribution in [0.25, 0.3) is 0 Å². The molecular formula is C11H13ClN4O2S. The molecule has 0 aliphatic carbocycles. The fraction of sp³-hybridized carbons (Fsp3) is 0.182. The second kappa shape index (κ2) is 4.75. The van der Waals surface area contributed by atoms with Gasteiger partial charge in [-0.05, 0) is 19.1 Å². The van der Waals surface area contributed by atoms with Gasteiger partial charge in [0.15, 0.2) is 10.7 Å². The molecule has 0 fully saturated rings. The van der Waals surface area contributed by atoms with Crippen LogP contribution in [-0.2, 0) is 17.1 Å². The molecule has 0 bridgehead atoms. The number of nitrogen functional groups attached to an aromatic ring is 1. The van der Waals surface area contributed by atoms with E-state index in [4.69, 9.17) is 17.3 Å². The molecule has 1 aromatic heterocycles. The molecule has 102 valence electrons. The Bertz CT molecular complexity index is 724. The molecule has 19 heavy (non-hydrogen) atoms. The minimum absolute atomic E-state index is 0.0325. The fourth-order valence-corrected chi connectivity index (χ4v) is 3.33. The number of anilines is 2. The molecule has 0 radical (unpaired) electrons. The van der Waals surface area contributed by atoms with E-state index >= 15 is 0 Å². The van der Waals surface area contributed by atoms with Gasteiger partial charge in [0.25, 0.3) is 10.0 Å². The van der Waals surface area contributed by atoms with Crippen molar-refractivity contribution in [3.8, 4) is 0 Å². The minimum atomic E-state index is -3.82. The van der Waals surface area contributed by atoms with Crippen molar-refractivity contribution in [3.63, 3.8) is 0 Å². The third-order valence-corrected chi connectivity index (χ3v) is 4.55. The Labute approximate surface area is 116 Å². The van der Waals surface area contributed by atoms with Crippen LogP contribution in [0, 0.1) is 6.92 Å². The largest absolute Gasteiger partial charge is 0.381 e. The van der Waals surface area contributed by atoms with E-state index in [0.29, 0.717) is 16.4 Å². The van der Waals surface area contributed by atoms with Gasteiger partial charge in [-0.25, -0.2) is 8.42 Å². The van der Waals surface area contributed by atoms with Crippen LogP contribution in [-0.4, -0.2) is 18.2 Å². The summed E-state index contributed by atoms with van der Waals surface area (Å²) in [7, 11) is -2.19. The standard InChI is InChI=1S/C11H13ClN4O2S/c1-7-10(11(13)14-16(7)2)19(17,18)15-9-6-4-3-5-8(9)12/h3-6,15H,1-2H3,(H2,13,14). The highest BCUT2D eigenvalue weighted by molar-refractivity contribution is 7.93. The number of hydrogen-bond acceptors (Lipinski definition) is 4.